The van der Waals surface area contributed by atoms with Crippen LogP contribution in [-0.4, -0.2) is 19.9 Å². The summed E-state index contributed by atoms with van der Waals surface area (Å²) in [5.74, 6) is 0.170. The third kappa shape index (κ3) is 3.78. The van der Waals surface area contributed by atoms with E-state index in [0.717, 1.165) is 12.0 Å². The molecule has 2 atom stereocenters. The molecular formula is C10H12ClO2S-. The Morgan fingerprint density at radius 3 is 2.50 bits per heavy atom. The predicted molar refractivity (Wildman–Crippen MR) is 58.2 cm³/mol. The highest BCUT2D eigenvalue weighted by atomic mass is 35.5. The molecule has 0 aromatic heterocycles. The number of rotatable bonds is 5. The van der Waals surface area contributed by atoms with Gasteiger partial charge in [-0.15, -0.1) is 11.6 Å². The maximum atomic E-state index is 10.7. The first kappa shape index (κ1) is 11.7. The minimum absolute atomic E-state index is 0.170. The lowest BCUT2D eigenvalue weighted by Crippen LogP contribution is -2.17. The van der Waals surface area contributed by atoms with Gasteiger partial charge in [0.15, 0.2) is 0 Å². The number of alkyl halides is 1. The SMILES string of the molecule is O=S([O-])C(CCl)CCc1ccccc1. The van der Waals surface area contributed by atoms with Gasteiger partial charge in [-0.3, -0.25) is 4.21 Å². The number of hydrogen-bond donors (Lipinski definition) is 0. The maximum absolute atomic E-state index is 10.7. The second-order valence-electron chi connectivity index (χ2n) is 3.06. The molecule has 0 bridgehead atoms. The lowest BCUT2D eigenvalue weighted by Gasteiger charge is -2.16. The van der Waals surface area contributed by atoms with Gasteiger partial charge in [-0.1, -0.05) is 41.4 Å². The van der Waals surface area contributed by atoms with E-state index in [9.17, 15) is 8.76 Å². The monoisotopic (exact) mass is 231 g/mol. The second kappa shape index (κ2) is 6.17. The van der Waals surface area contributed by atoms with Gasteiger partial charge < -0.3 is 4.55 Å². The molecule has 0 N–H and O–H groups in total. The van der Waals surface area contributed by atoms with Gasteiger partial charge in [-0.25, -0.2) is 0 Å². The summed E-state index contributed by atoms with van der Waals surface area (Å²) in [6.45, 7) is 0. The Hall–Kier alpha value is -0.380. The first-order valence-corrected chi connectivity index (χ1v) is 6.09. The molecule has 1 aromatic rings. The highest BCUT2D eigenvalue weighted by molar-refractivity contribution is 7.79. The average Bonchev–Trinajstić information content (AvgIpc) is 2.20. The summed E-state index contributed by atoms with van der Waals surface area (Å²) < 4.78 is 21.3. The van der Waals surface area contributed by atoms with Gasteiger partial charge in [0.25, 0.3) is 0 Å². The summed E-state index contributed by atoms with van der Waals surface area (Å²) in [6.07, 6.45) is 1.34. The minimum atomic E-state index is -2.06. The summed E-state index contributed by atoms with van der Waals surface area (Å²) in [7, 11) is 0. The molecule has 1 aromatic carbocycles. The molecular weight excluding hydrogens is 220 g/mol. The first-order chi connectivity index (χ1) is 6.74. The maximum Gasteiger partial charge on any atom is 0.0356 e. The van der Waals surface area contributed by atoms with Crippen molar-refractivity contribution in [1.29, 1.82) is 0 Å². The van der Waals surface area contributed by atoms with E-state index in [1.165, 1.54) is 0 Å². The largest absolute Gasteiger partial charge is 0.772 e. The molecule has 0 saturated carbocycles. The van der Waals surface area contributed by atoms with Crippen molar-refractivity contribution in [2.45, 2.75) is 18.1 Å². The predicted octanol–water partition coefficient (Wildman–Crippen LogP) is 2.11. The minimum Gasteiger partial charge on any atom is -0.772 e. The third-order valence-corrected chi connectivity index (χ3v) is 3.54. The van der Waals surface area contributed by atoms with Crippen molar-refractivity contribution in [3.63, 3.8) is 0 Å². The lowest BCUT2D eigenvalue weighted by molar-refractivity contribution is 0.521. The smallest absolute Gasteiger partial charge is 0.0356 e. The summed E-state index contributed by atoms with van der Waals surface area (Å²) >= 11 is 3.48. The van der Waals surface area contributed by atoms with Crippen LogP contribution in [-0.2, 0) is 17.5 Å². The van der Waals surface area contributed by atoms with E-state index in [4.69, 9.17) is 11.6 Å². The van der Waals surface area contributed by atoms with Gasteiger partial charge in [-0.05, 0) is 18.4 Å². The standard InChI is InChI=1S/C10H13ClO2S/c11-8-10(14(12)13)7-6-9-4-2-1-3-5-9/h1-5,10H,6-8H2,(H,12,13)/p-1. The molecule has 1 rings (SSSR count). The fourth-order valence-electron chi connectivity index (χ4n) is 1.20. The van der Waals surface area contributed by atoms with Crippen LogP contribution in [0.15, 0.2) is 30.3 Å². The van der Waals surface area contributed by atoms with Crippen LogP contribution in [0.25, 0.3) is 0 Å². The van der Waals surface area contributed by atoms with Gasteiger partial charge in [0.05, 0.1) is 0 Å². The van der Waals surface area contributed by atoms with Crippen LogP contribution in [0, 0.1) is 0 Å². The van der Waals surface area contributed by atoms with Crippen molar-refractivity contribution in [1.82, 2.24) is 0 Å². The molecule has 4 heteroatoms. The zero-order valence-corrected chi connectivity index (χ0v) is 9.26. The number of halogens is 1. The highest BCUT2D eigenvalue weighted by Crippen LogP contribution is 2.09. The Balaban J connectivity index is 2.44. The summed E-state index contributed by atoms with van der Waals surface area (Å²) in [5, 5.41) is -0.433. The number of aryl methyl sites for hydroxylation is 1. The zero-order chi connectivity index (χ0) is 10.4. The molecule has 0 radical (unpaired) electrons. The highest BCUT2D eigenvalue weighted by Gasteiger charge is 2.07. The van der Waals surface area contributed by atoms with Crippen LogP contribution in [0.2, 0.25) is 0 Å². The van der Waals surface area contributed by atoms with E-state index in [-0.39, 0.29) is 5.88 Å². The van der Waals surface area contributed by atoms with E-state index in [1.54, 1.807) is 0 Å². The molecule has 0 aliphatic rings. The molecule has 2 nitrogen and oxygen atoms in total. The van der Waals surface area contributed by atoms with Gasteiger partial charge >= 0.3 is 0 Å². The van der Waals surface area contributed by atoms with Crippen LogP contribution < -0.4 is 0 Å². The van der Waals surface area contributed by atoms with Crippen LogP contribution in [0.1, 0.15) is 12.0 Å². The van der Waals surface area contributed by atoms with E-state index in [1.807, 2.05) is 30.3 Å². The van der Waals surface area contributed by atoms with E-state index >= 15 is 0 Å². The zero-order valence-electron chi connectivity index (χ0n) is 7.69. The Bertz CT molecular complexity index is 289. The van der Waals surface area contributed by atoms with Crippen molar-refractivity contribution < 1.29 is 8.76 Å². The number of hydrogen-bond acceptors (Lipinski definition) is 2. The van der Waals surface area contributed by atoms with Crippen LogP contribution in [0.5, 0.6) is 0 Å². The third-order valence-electron chi connectivity index (χ3n) is 2.04. The summed E-state index contributed by atoms with van der Waals surface area (Å²) in [5.41, 5.74) is 1.15. The van der Waals surface area contributed by atoms with Gasteiger partial charge in [-0.2, -0.15) is 0 Å². The Kier molecular flexibility index (Phi) is 5.15. The van der Waals surface area contributed by atoms with Gasteiger partial charge in [0.1, 0.15) is 0 Å². The van der Waals surface area contributed by atoms with E-state index < -0.39 is 16.3 Å². The lowest BCUT2D eigenvalue weighted by atomic mass is 10.1. The normalized spacial score (nSPS) is 15.0. The average molecular weight is 232 g/mol. The van der Waals surface area contributed by atoms with Crippen molar-refractivity contribution in [3.8, 4) is 0 Å². The Labute approximate surface area is 91.6 Å². The van der Waals surface area contributed by atoms with Crippen LogP contribution in [0.3, 0.4) is 0 Å². The fourth-order valence-corrected chi connectivity index (χ4v) is 2.07. The molecule has 14 heavy (non-hydrogen) atoms. The molecule has 0 saturated heterocycles. The number of benzene rings is 1. The van der Waals surface area contributed by atoms with Gasteiger partial charge in [0, 0.05) is 11.1 Å². The van der Waals surface area contributed by atoms with Crippen molar-refractivity contribution >= 4 is 22.7 Å². The van der Waals surface area contributed by atoms with E-state index in [2.05, 4.69) is 0 Å². The summed E-state index contributed by atoms with van der Waals surface area (Å²) in [6, 6.07) is 9.80. The molecule has 78 valence electrons. The second-order valence-corrected chi connectivity index (χ2v) is 4.56. The molecule has 0 heterocycles. The molecule has 2 unspecified atom stereocenters. The first-order valence-electron chi connectivity index (χ1n) is 4.42. The molecule has 0 aliphatic heterocycles. The van der Waals surface area contributed by atoms with Crippen LogP contribution >= 0.6 is 11.6 Å². The van der Waals surface area contributed by atoms with Gasteiger partial charge in [0.2, 0.25) is 0 Å². The molecule has 0 aliphatic carbocycles. The molecule has 0 spiro atoms. The van der Waals surface area contributed by atoms with E-state index in [0.29, 0.717) is 6.42 Å². The van der Waals surface area contributed by atoms with Crippen LogP contribution in [0.4, 0.5) is 0 Å². The Morgan fingerprint density at radius 1 is 1.36 bits per heavy atom. The fraction of sp³-hybridized carbons (Fsp3) is 0.400. The molecule has 0 amide bonds. The summed E-state index contributed by atoms with van der Waals surface area (Å²) in [4.78, 5) is 0. The quantitative estimate of drug-likeness (QED) is 0.575. The molecule has 0 fully saturated rings. The Morgan fingerprint density at radius 2 is 2.00 bits per heavy atom. The van der Waals surface area contributed by atoms with Crippen molar-refractivity contribution in [2.75, 3.05) is 5.88 Å². The van der Waals surface area contributed by atoms with Crippen molar-refractivity contribution in [3.05, 3.63) is 35.9 Å². The van der Waals surface area contributed by atoms with Crippen molar-refractivity contribution in [2.24, 2.45) is 0 Å². The topological polar surface area (TPSA) is 40.1 Å².